The Kier molecular flexibility index (Phi) is 7.21. The Hall–Kier alpha value is -0.230. The highest BCUT2D eigenvalue weighted by Gasteiger charge is 2.24. The standard InChI is InChI=1S/C13H17BrF2N2.ClH/c14-11-3-1-2-10(13(11)16)12(4-5-15)18-8-6-17-7-9-18;/h1-3,12,17H,4-9H2;1H/t12-;/m0./s1. The van der Waals surface area contributed by atoms with Crippen LogP contribution in [-0.2, 0) is 0 Å². The fourth-order valence-corrected chi connectivity index (χ4v) is 2.79. The van der Waals surface area contributed by atoms with Crippen LogP contribution < -0.4 is 5.32 Å². The summed E-state index contributed by atoms with van der Waals surface area (Å²) in [6.07, 6.45) is 0.341. The van der Waals surface area contributed by atoms with Crippen LogP contribution in [0.2, 0.25) is 0 Å². The van der Waals surface area contributed by atoms with Crippen LogP contribution in [-0.4, -0.2) is 37.8 Å². The van der Waals surface area contributed by atoms with Gasteiger partial charge in [-0.05, 0) is 28.4 Å². The molecule has 1 N–H and O–H groups in total. The van der Waals surface area contributed by atoms with Crippen LogP contribution in [0.5, 0.6) is 0 Å². The minimum atomic E-state index is -0.430. The summed E-state index contributed by atoms with van der Waals surface area (Å²) in [5, 5.41) is 3.25. The number of halogens is 4. The zero-order valence-electron chi connectivity index (χ0n) is 10.5. The van der Waals surface area contributed by atoms with Crippen molar-refractivity contribution >= 4 is 28.3 Å². The van der Waals surface area contributed by atoms with Crippen molar-refractivity contribution in [2.75, 3.05) is 32.9 Å². The number of rotatable bonds is 4. The maximum Gasteiger partial charge on any atom is 0.142 e. The van der Waals surface area contributed by atoms with Gasteiger partial charge in [0.05, 0.1) is 11.1 Å². The van der Waals surface area contributed by atoms with Crippen LogP contribution in [0.1, 0.15) is 18.0 Å². The molecule has 1 saturated heterocycles. The summed E-state index contributed by atoms with van der Waals surface area (Å²) in [6.45, 7) is 2.98. The molecule has 2 nitrogen and oxygen atoms in total. The topological polar surface area (TPSA) is 15.3 Å². The molecule has 108 valence electrons. The molecule has 1 heterocycles. The Morgan fingerprint density at radius 3 is 2.63 bits per heavy atom. The Morgan fingerprint density at radius 1 is 1.32 bits per heavy atom. The SMILES string of the molecule is Cl.FCC[C@@H](c1cccc(Br)c1F)N1CCNCC1. The van der Waals surface area contributed by atoms with Gasteiger partial charge in [0.15, 0.2) is 0 Å². The van der Waals surface area contributed by atoms with Crippen LogP contribution >= 0.6 is 28.3 Å². The first kappa shape index (κ1) is 16.8. The van der Waals surface area contributed by atoms with Crippen molar-refractivity contribution in [3.05, 3.63) is 34.1 Å². The van der Waals surface area contributed by atoms with Crippen LogP contribution in [0, 0.1) is 5.82 Å². The minimum absolute atomic E-state index is 0. The van der Waals surface area contributed by atoms with Crippen LogP contribution in [0.4, 0.5) is 8.78 Å². The van der Waals surface area contributed by atoms with E-state index >= 15 is 0 Å². The first-order valence-corrected chi connectivity index (χ1v) is 6.98. The molecule has 0 amide bonds. The average molecular weight is 356 g/mol. The average Bonchev–Trinajstić information content (AvgIpc) is 2.41. The molecule has 0 unspecified atom stereocenters. The van der Waals surface area contributed by atoms with Crippen molar-refractivity contribution in [3.63, 3.8) is 0 Å². The fraction of sp³-hybridized carbons (Fsp3) is 0.538. The molecule has 1 aromatic rings. The zero-order chi connectivity index (χ0) is 13.0. The molecule has 0 radical (unpaired) electrons. The van der Waals surface area contributed by atoms with E-state index in [1.54, 1.807) is 18.2 Å². The lowest BCUT2D eigenvalue weighted by Gasteiger charge is -2.35. The van der Waals surface area contributed by atoms with E-state index < -0.39 is 6.67 Å². The first-order chi connectivity index (χ1) is 8.74. The zero-order valence-corrected chi connectivity index (χ0v) is 12.9. The summed E-state index contributed by atoms with van der Waals surface area (Å²) < 4.78 is 27.3. The molecule has 0 bridgehead atoms. The fourth-order valence-electron chi connectivity index (χ4n) is 2.41. The molecule has 1 atom stereocenters. The number of benzene rings is 1. The highest BCUT2D eigenvalue weighted by Crippen LogP contribution is 2.30. The molecule has 0 aromatic heterocycles. The van der Waals surface area contributed by atoms with Gasteiger partial charge in [0.2, 0.25) is 0 Å². The van der Waals surface area contributed by atoms with Crippen molar-refractivity contribution in [3.8, 4) is 0 Å². The van der Waals surface area contributed by atoms with E-state index in [1.807, 2.05) is 0 Å². The number of hydrogen-bond acceptors (Lipinski definition) is 2. The quantitative estimate of drug-likeness (QED) is 0.891. The molecule has 2 rings (SSSR count). The van der Waals surface area contributed by atoms with Gasteiger partial charge in [-0.15, -0.1) is 12.4 Å². The third-order valence-corrected chi connectivity index (χ3v) is 3.93. The maximum absolute atomic E-state index is 14.1. The molecule has 1 aromatic carbocycles. The van der Waals surface area contributed by atoms with Crippen LogP contribution in [0.3, 0.4) is 0 Å². The smallest absolute Gasteiger partial charge is 0.142 e. The van der Waals surface area contributed by atoms with E-state index in [1.165, 1.54) is 0 Å². The van der Waals surface area contributed by atoms with Crippen LogP contribution in [0.15, 0.2) is 22.7 Å². The summed E-state index contributed by atoms with van der Waals surface area (Å²) in [7, 11) is 0. The van der Waals surface area contributed by atoms with Gasteiger partial charge < -0.3 is 5.32 Å². The molecular formula is C13H18BrClF2N2. The van der Waals surface area contributed by atoms with Crippen molar-refractivity contribution in [1.29, 1.82) is 0 Å². The largest absolute Gasteiger partial charge is 0.314 e. The number of piperazine rings is 1. The van der Waals surface area contributed by atoms with Crippen molar-refractivity contribution in [2.45, 2.75) is 12.5 Å². The monoisotopic (exact) mass is 354 g/mol. The molecule has 0 spiro atoms. The summed E-state index contributed by atoms with van der Waals surface area (Å²) in [4.78, 5) is 2.15. The second-order valence-electron chi connectivity index (χ2n) is 4.42. The van der Waals surface area contributed by atoms with Gasteiger partial charge in [0, 0.05) is 37.8 Å². The second kappa shape index (κ2) is 8.15. The summed E-state index contributed by atoms with van der Waals surface area (Å²) >= 11 is 3.19. The van der Waals surface area contributed by atoms with Gasteiger partial charge >= 0.3 is 0 Å². The number of alkyl halides is 1. The predicted octanol–water partition coefficient (Wildman–Crippen LogP) is 3.32. The summed E-state index contributed by atoms with van der Waals surface area (Å²) in [5.74, 6) is -0.269. The third kappa shape index (κ3) is 4.12. The number of nitrogens with one attached hydrogen (secondary N) is 1. The van der Waals surface area contributed by atoms with Gasteiger partial charge in [0.1, 0.15) is 5.82 Å². The van der Waals surface area contributed by atoms with Gasteiger partial charge in [-0.2, -0.15) is 0 Å². The molecular weight excluding hydrogens is 338 g/mol. The lowest BCUT2D eigenvalue weighted by Crippen LogP contribution is -2.45. The van der Waals surface area contributed by atoms with Crippen molar-refractivity contribution in [1.82, 2.24) is 10.2 Å². The normalized spacial score (nSPS) is 17.8. The van der Waals surface area contributed by atoms with E-state index in [9.17, 15) is 8.78 Å². The Bertz CT molecular complexity index is 400. The van der Waals surface area contributed by atoms with E-state index in [0.717, 1.165) is 26.2 Å². The molecule has 19 heavy (non-hydrogen) atoms. The number of nitrogens with zero attached hydrogens (tertiary/aromatic N) is 1. The first-order valence-electron chi connectivity index (χ1n) is 6.18. The molecule has 0 saturated carbocycles. The summed E-state index contributed by atoms with van der Waals surface area (Å²) in [5.41, 5.74) is 0.587. The molecule has 0 aliphatic carbocycles. The van der Waals surface area contributed by atoms with Gasteiger partial charge in [-0.1, -0.05) is 12.1 Å². The molecule has 6 heteroatoms. The lowest BCUT2D eigenvalue weighted by molar-refractivity contribution is 0.154. The highest BCUT2D eigenvalue weighted by molar-refractivity contribution is 9.10. The highest BCUT2D eigenvalue weighted by atomic mass is 79.9. The maximum atomic E-state index is 14.1. The minimum Gasteiger partial charge on any atom is -0.314 e. The van der Waals surface area contributed by atoms with Crippen molar-refractivity contribution < 1.29 is 8.78 Å². The number of hydrogen-bond donors (Lipinski definition) is 1. The third-order valence-electron chi connectivity index (χ3n) is 3.32. The van der Waals surface area contributed by atoms with E-state index in [2.05, 4.69) is 26.1 Å². The van der Waals surface area contributed by atoms with Gasteiger partial charge in [0.25, 0.3) is 0 Å². The predicted molar refractivity (Wildman–Crippen MR) is 79.1 cm³/mol. The molecule has 1 aliphatic rings. The molecule has 1 aliphatic heterocycles. The molecule has 1 fully saturated rings. The van der Waals surface area contributed by atoms with Crippen LogP contribution in [0.25, 0.3) is 0 Å². The lowest BCUT2D eigenvalue weighted by atomic mass is 10.0. The Morgan fingerprint density at radius 2 is 2.00 bits per heavy atom. The van der Waals surface area contributed by atoms with E-state index in [4.69, 9.17) is 0 Å². The van der Waals surface area contributed by atoms with E-state index in [0.29, 0.717) is 16.5 Å². The van der Waals surface area contributed by atoms with Gasteiger partial charge in [-0.25, -0.2) is 4.39 Å². The van der Waals surface area contributed by atoms with Gasteiger partial charge in [-0.3, -0.25) is 9.29 Å². The summed E-state index contributed by atoms with van der Waals surface area (Å²) in [6, 6.07) is 5.05. The second-order valence-corrected chi connectivity index (χ2v) is 5.28. The van der Waals surface area contributed by atoms with E-state index in [-0.39, 0.29) is 24.3 Å². The Labute approximate surface area is 127 Å². The Balaban J connectivity index is 0.00000180. The van der Waals surface area contributed by atoms with Crippen molar-refractivity contribution in [2.24, 2.45) is 0 Å².